The van der Waals surface area contributed by atoms with Gasteiger partial charge in [0.25, 0.3) is 5.72 Å². The van der Waals surface area contributed by atoms with E-state index in [4.69, 9.17) is 18.9 Å². The molecule has 0 saturated heterocycles. The average molecular weight is 305 g/mol. The molecule has 0 heterocycles. The topological polar surface area (TPSA) is 83.1 Å². The zero-order valence-corrected chi connectivity index (χ0v) is 13.8. The van der Waals surface area contributed by atoms with Gasteiger partial charge in [0.05, 0.1) is 6.61 Å². The largest absolute Gasteiger partial charge is 0.462 e. The van der Waals surface area contributed by atoms with Crippen molar-refractivity contribution in [3.63, 3.8) is 0 Å². The normalized spacial score (nSPS) is 14.2. The lowest BCUT2D eigenvalue weighted by Crippen LogP contribution is -2.61. The lowest BCUT2D eigenvalue weighted by Gasteiger charge is -2.32. The van der Waals surface area contributed by atoms with Crippen molar-refractivity contribution in [2.24, 2.45) is 0 Å². The van der Waals surface area contributed by atoms with Gasteiger partial charge in [0.1, 0.15) is 12.2 Å². The van der Waals surface area contributed by atoms with Crippen LogP contribution in [0.4, 0.5) is 4.79 Å². The average Bonchev–Trinajstić information content (AvgIpc) is 2.34. The van der Waals surface area contributed by atoms with Crippen LogP contribution in [0.2, 0.25) is 0 Å². The van der Waals surface area contributed by atoms with Crippen LogP contribution in [0.5, 0.6) is 0 Å². The van der Waals surface area contributed by atoms with Gasteiger partial charge in [-0.15, -0.1) is 0 Å². The molecule has 0 aromatic heterocycles. The molecule has 1 N–H and O–H groups in total. The molecule has 0 aliphatic carbocycles. The number of amides is 1. The zero-order valence-electron chi connectivity index (χ0n) is 13.8. The molecule has 0 radical (unpaired) electrons. The third-order valence-electron chi connectivity index (χ3n) is 2.21. The summed E-state index contributed by atoms with van der Waals surface area (Å²) in [5.74, 6) is -0.717. The Morgan fingerprint density at radius 1 is 1.00 bits per heavy atom. The SMILES string of the molecule is CCOCC(NC(=O)OC(C)(C)C)(OCC)C(=O)OCC. The van der Waals surface area contributed by atoms with Gasteiger partial charge in [-0.1, -0.05) is 0 Å². The van der Waals surface area contributed by atoms with Crippen molar-refractivity contribution in [1.82, 2.24) is 5.32 Å². The number of nitrogens with one attached hydrogen (secondary N) is 1. The molecule has 1 amide bonds. The zero-order chi connectivity index (χ0) is 16.5. The predicted molar refractivity (Wildman–Crippen MR) is 76.9 cm³/mol. The van der Waals surface area contributed by atoms with Crippen LogP contribution in [-0.2, 0) is 23.7 Å². The van der Waals surface area contributed by atoms with E-state index in [2.05, 4.69) is 5.32 Å². The lowest BCUT2D eigenvalue weighted by molar-refractivity contribution is -0.185. The molecule has 0 rings (SSSR count). The van der Waals surface area contributed by atoms with Gasteiger partial charge in [0, 0.05) is 13.2 Å². The first kappa shape index (κ1) is 19.7. The number of carbonyl (C=O) groups excluding carboxylic acids is 2. The minimum absolute atomic E-state index is 0.157. The minimum atomic E-state index is -1.71. The van der Waals surface area contributed by atoms with Crippen molar-refractivity contribution in [3.05, 3.63) is 0 Å². The highest BCUT2D eigenvalue weighted by atomic mass is 16.6. The van der Waals surface area contributed by atoms with E-state index in [-0.39, 0.29) is 19.8 Å². The molecule has 0 fully saturated rings. The molecule has 0 aliphatic rings. The fourth-order valence-electron chi connectivity index (χ4n) is 1.49. The van der Waals surface area contributed by atoms with E-state index in [0.717, 1.165) is 0 Å². The second kappa shape index (κ2) is 8.84. The molecular formula is C14H27NO6. The molecule has 7 nitrogen and oxygen atoms in total. The summed E-state index contributed by atoms with van der Waals surface area (Å²) < 4.78 is 20.8. The maximum absolute atomic E-state index is 12.2. The fraction of sp³-hybridized carbons (Fsp3) is 0.857. The van der Waals surface area contributed by atoms with E-state index in [9.17, 15) is 9.59 Å². The van der Waals surface area contributed by atoms with Gasteiger partial charge < -0.3 is 18.9 Å². The number of esters is 1. The van der Waals surface area contributed by atoms with E-state index in [1.807, 2.05) is 0 Å². The Morgan fingerprint density at radius 3 is 2.05 bits per heavy atom. The highest BCUT2D eigenvalue weighted by Crippen LogP contribution is 2.14. The summed E-state index contributed by atoms with van der Waals surface area (Å²) in [5, 5.41) is 2.42. The van der Waals surface area contributed by atoms with Gasteiger partial charge >= 0.3 is 12.1 Å². The second-order valence-electron chi connectivity index (χ2n) is 5.24. The monoisotopic (exact) mass is 305 g/mol. The van der Waals surface area contributed by atoms with Gasteiger partial charge in [-0.05, 0) is 41.5 Å². The Labute approximate surface area is 126 Å². The van der Waals surface area contributed by atoms with Crippen LogP contribution < -0.4 is 5.32 Å². The summed E-state index contributed by atoms with van der Waals surface area (Å²) in [6.07, 6.45) is -0.774. The third kappa shape index (κ3) is 7.29. The van der Waals surface area contributed by atoms with Gasteiger partial charge in [0.15, 0.2) is 0 Å². The second-order valence-corrected chi connectivity index (χ2v) is 5.24. The van der Waals surface area contributed by atoms with Crippen LogP contribution >= 0.6 is 0 Å². The summed E-state index contributed by atoms with van der Waals surface area (Å²) in [7, 11) is 0. The number of hydrogen-bond donors (Lipinski definition) is 1. The van der Waals surface area contributed by atoms with Crippen LogP contribution in [0.15, 0.2) is 0 Å². The smallest absolute Gasteiger partial charge is 0.410 e. The number of alkyl carbamates (subject to hydrolysis) is 1. The van der Waals surface area contributed by atoms with Crippen LogP contribution in [0.25, 0.3) is 0 Å². The first-order chi connectivity index (χ1) is 9.70. The highest BCUT2D eigenvalue weighted by molar-refractivity contribution is 5.84. The predicted octanol–water partition coefficient (Wildman–Crippen LogP) is 1.84. The summed E-state index contributed by atoms with van der Waals surface area (Å²) in [6.45, 7) is 10.9. The first-order valence-electron chi connectivity index (χ1n) is 7.10. The molecule has 0 aromatic carbocycles. The summed E-state index contributed by atoms with van der Waals surface area (Å²) >= 11 is 0. The maximum atomic E-state index is 12.2. The van der Waals surface area contributed by atoms with Gasteiger partial charge in [-0.3, -0.25) is 5.32 Å². The molecule has 7 heteroatoms. The fourth-order valence-corrected chi connectivity index (χ4v) is 1.49. The molecule has 0 aromatic rings. The Hall–Kier alpha value is -1.34. The Kier molecular flexibility index (Phi) is 8.27. The van der Waals surface area contributed by atoms with Crippen LogP contribution in [0.1, 0.15) is 41.5 Å². The van der Waals surface area contributed by atoms with Crippen molar-refractivity contribution in [3.8, 4) is 0 Å². The molecule has 0 bridgehead atoms. The molecule has 1 unspecified atom stereocenters. The first-order valence-corrected chi connectivity index (χ1v) is 7.10. The molecule has 0 saturated carbocycles. The van der Waals surface area contributed by atoms with Gasteiger partial charge in [-0.2, -0.15) is 0 Å². The molecule has 0 aliphatic heterocycles. The third-order valence-corrected chi connectivity index (χ3v) is 2.21. The molecule has 124 valence electrons. The molecular weight excluding hydrogens is 278 g/mol. The van der Waals surface area contributed by atoms with Crippen molar-refractivity contribution in [1.29, 1.82) is 0 Å². The lowest BCUT2D eigenvalue weighted by atomic mass is 10.2. The van der Waals surface area contributed by atoms with Gasteiger partial charge in [-0.25, -0.2) is 9.59 Å². The summed E-state index contributed by atoms with van der Waals surface area (Å²) in [6, 6.07) is 0. The molecule has 21 heavy (non-hydrogen) atoms. The van der Waals surface area contributed by atoms with Crippen molar-refractivity contribution in [2.75, 3.05) is 26.4 Å². The standard InChI is InChI=1S/C14H27NO6/c1-7-18-10-14(20-9-3,11(16)19-8-2)15-12(17)21-13(4,5)6/h7-10H2,1-6H3,(H,15,17). The number of hydrogen-bond acceptors (Lipinski definition) is 6. The summed E-state index contributed by atoms with van der Waals surface area (Å²) in [4.78, 5) is 24.1. The molecule has 1 atom stereocenters. The maximum Gasteiger partial charge on any atom is 0.410 e. The minimum Gasteiger partial charge on any atom is -0.462 e. The Balaban J connectivity index is 5.14. The number of carbonyl (C=O) groups is 2. The van der Waals surface area contributed by atoms with Gasteiger partial charge in [0.2, 0.25) is 0 Å². The van der Waals surface area contributed by atoms with Crippen molar-refractivity contribution in [2.45, 2.75) is 52.9 Å². The Bertz CT molecular complexity index is 339. The van der Waals surface area contributed by atoms with Crippen LogP contribution in [0.3, 0.4) is 0 Å². The van der Waals surface area contributed by atoms with E-state index in [1.54, 1.807) is 41.5 Å². The number of rotatable bonds is 8. The Morgan fingerprint density at radius 2 is 1.62 bits per heavy atom. The van der Waals surface area contributed by atoms with E-state index >= 15 is 0 Å². The quantitative estimate of drug-likeness (QED) is 0.544. The highest BCUT2D eigenvalue weighted by Gasteiger charge is 2.44. The molecule has 0 spiro atoms. The van der Waals surface area contributed by atoms with Crippen LogP contribution in [0, 0.1) is 0 Å². The van der Waals surface area contributed by atoms with Crippen molar-refractivity contribution < 1.29 is 28.5 Å². The van der Waals surface area contributed by atoms with Crippen LogP contribution in [-0.4, -0.2) is 49.8 Å². The van der Waals surface area contributed by atoms with E-state index in [1.165, 1.54) is 0 Å². The van der Waals surface area contributed by atoms with E-state index < -0.39 is 23.4 Å². The van der Waals surface area contributed by atoms with Crippen molar-refractivity contribution >= 4 is 12.1 Å². The summed E-state index contributed by atoms with van der Waals surface area (Å²) in [5.41, 5.74) is -2.40. The van der Waals surface area contributed by atoms with E-state index in [0.29, 0.717) is 6.61 Å². The number of ether oxygens (including phenoxy) is 4.